The summed E-state index contributed by atoms with van der Waals surface area (Å²) in [5.74, 6) is -0.302. The van der Waals surface area contributed by atoms with Crippen LogP contribution in [0.1, 0.15) is 29.1 Å². The number of anilines is 1. The number of carbonyl (C=O) groups excluding carboxylic acids is 1. The van der Waals surface area contributed by atoms with Gasteiger partial charge in [-0.2, -0.15) is 0 Å². The maximum atomic E-state index is 14.0. The second-order valence-corrected chi connectivity index (χ2v) is 8.91. The molecule has 4 rings (SSSR count). The number of piperazine rings is 1. The fraction of sp³-hybridized carbons (Fsp3) is 0.292. The lowest BCUT2D eigenvalue weighted by atomic mass is 10.1. The first-order valence-corrected chi connectivity index (χ1v) is 11.5. The Bertz CT molecular complexity index is 1220. The number of aromatic nitrogens is 2. The van der Waals surface area contributed by atoms with Gasteiger partial charge in [-0.1, -0.05) is 29.3 Å². The Morgan fingerprint density at radius 2 is 1.91 bits per heavy atom. The van der Waals surface area contributed by atoms with E-state index in [1.54, 1.807) is 42.3 Å². The fourth-order valence-corrected chi connectivity index (χ4v) is 4.42. The van der Waals surface area contributed by atoms with Crippen LogP contribution in [0.5, 0.6) is 5.75 Å². The SMILES string of the molecule is CC(Oc1cc(-c2cccc(C(=O)N3CCN(C)CC3)n2)cnc1N)c1c(Cl)ccc(F)c1Cl. The number of halogens is 3. The van der Waals surface area contributed by atoms with Gasteiger partial charge in [0, 0.05) is 48.5 Å². The summed E-state index contributed by atoms with van der Waals surface area (Å²) in [5.41, 5.74) is 7.85. The zero-order valence-electron chi connectivity index (χ0n) is 18.8. The van der Waals surface area contributed by atoms with Crippen LogP contribution in [-0.2, 0) is 0 Å². The molecule has 1 unspecified atom stereocenters. The quantitative estimate of drug-likeness (QED) is 0.508. The predicted molar refractivity (Wildman–Crippen MR) is 131 cm³/mol. The summed E-state index contributed by atoms with van der Waals surface area (Å²) < 4.78 is 19.9. The molecule has 0 aliphatic carbocycles. The molecule has 3 heterocycles. The van der Waals surface area contributed by atoms with Crippen LogP contribution in [-0.4, -0.2) is 58.9 Å². The molecule has 10 heteroatoms. The van der Waals surface area contributed by atoms with Gasteiger partial charge in [-0.25, -0.2) is 14.4 Å². The van der Waals surface area contributed by atoms with Crippen LogP contribution >= 0.6 is 23.2 Å². The number of carbonyl (C=O) groups is 1. The molecular formula is C24H24Cl2FN5O2. The number of benzene rings is 1. The first-order valence-electron chi connectivity index (χ1n) is 10.8. The summed E-state index contributed by atoms with van der Waals surface area (Å²) in [6, 6.07) is 9.54. The molecule has 1 aliphatic rings. The molecule has 0 bridgehead atoms. The first-order chi connectivity index (χ1) is 16.2. The highest BCUT2D eigenvalue weighted by molar-refractivity contribution is 6.36. The van der Waals surface area contributed by atoms with Crippen molar-refractivity contribution in [3.63, 3.8) is 0 Å². The smallest absolute Gasteiger partial charge is 0.272 e. The summed E-state index contributed by atoms with van der Waals surface area (Å²) in [6.07, 6.45) is 0.856. The molecular weight excluding hydrogens is 480 g/mol. The number of nitrogens with zero attached hydrogens (tertiary/aromatic N) is 4. The van der Waals surface area contributed by atoms with E-state index in [4.69, 9.17) is 33.7 Å². The van der Waals surface area contributed by atoms with Crippen molar-refractivity contribution in [1.82, 2.24) is 19.8 Å². The molecule has 1 amide bonds. The molecule has 3 aromatic rings. The van der Waals surface area contributed by atoms with Crippen molar-refractivity contribution in [2.45, 2.75) is 13.0 Å². The summed E-state index contributed by atoms with van der Waals surface area (Å²) >= 11 is 12.3. The first kappa shape index (κ1) is 24.2. The van der Waals surface area contributed by atoms with Crippen LogP contribution in [0.3, 0.4) is 0 Å². The molecule has 1 aliphatic heterocycles. The van der Waals surface area contributed by atoms with Gasteiger partial charge in [0.05, 0.1) is 10.7 Å². The number of nitrogens with two attached hydrogens (primary N) is 1. The molecule has 1 saturated heterocycles. The lowest BCUT2D eigenvalue weighted by Crippen LogP contribution is -2.47. The number of nitrogen functional groups attached to an aromatic ring is 1. The molecule has 0 saturated carbocycles. The van der Waals surface area contributed by atoms with Gasteiger partial charge in [-0.3, -0.25) is 4.79 Å². The van der Waals surface area contributed by atoms with Crippen LogP contribution in [0, 0.1) is 5.82 Å². The standard InChI is InChI=1S/C24H24Cl2FN5O2/c1-14(21-16(25)6-7-17(27)22(21)26)34-20-12-15(13-29-23(20)28)18-4-3-5-19(30-18)24(33)32-10-8-31(2)9-11-32/h3-7,12-14H,8-11H2,1-2H3,(H2,28,29). The Labute approximate surface area is 207 Å². The van der Waals surface area contributed by atoms with Crippen molar-refractivity contribution in [2.24, 2.45) is 0 Å². The van der Waals surface area contributed by atoms with E-state index < -0.39 is 11.9 Å². The Morgan fingerprint density at radius 3 is 2.65 bits per heavy atom. The molecule has 1 fully saturated rings. The van der Waals surface area contributed by atoms with Crippen LogP contribution in [0.25, 0.3) is 11.3 Å². The van der Waals surface area contributed by atoms with Crippen LogP contribution in [0.4, 0.5) is 10.2 Å². The van der Waals surface area contributed by atoms with Gasteiger partial charge in [-0.15, -0.1) is 0 Å². The van der Waals surface area contributed by atoms with Crippen molar-refractivity contribution in [3.8, 4) is 17.0 Å². The maximum Gasteiger partial charge on any atom is 0.272 e. The molecule has 7 nitrogen and oxygen atoms in total. The van der Waals surface area contributed by atoms with Gasteiger partial charge in [0.2, 0.25) is 0 Å². The molecule has 2 aromatic heterocycles. The monoisotopic (exact) mass is 503 g/mol. The Kier molecular flexibility index (Phi) is 7.21. The van der Waals surface area contributed by atoms with Crippen molar-refractivity contribution >= 4 is 34.9 Å². The summed E-state index contributed by atoms with van der Waals surface area (Å²) in [6.45, 7) is 4.65. The minimum absolute atomic E-state index is 0.112. The number of likely N-dealkylation sites (N-methyl/N-ethyl adjacent to an activating group) is 1. The normalized spacial score (nSPS) is 15.3. The third-order valence-corrected chi connectivity index (χ3v) is 6.44. The van der Waals surface area contributed by atoms with Crippen molar-refractivity contribution < 1.29 is 13.9 Å². The second-order valence-electron chi connectivity index (χ2n) is 8.13. The highest BCUT2D eigenvalue weighted by atomic mass is 35.5. The van der Waals surface area contributed by atoms with Crippen LogP contribution < -0.4 is 10.5 Å². The molecule has 1 aromatic carbocycles. The lowest BCUT2D eigenvalue weighted by Gasteiger charge is -2.32. The Morgan fingerprint density at radius 1 is 1.18 bits per heavy atom. The van der Waals surface area contributed by atoms with Gasteiger partial charge in [0.1, 0.15) is 17.6 Å². The third kappa shape index (κ3) is 5.09. The minimum atomic E-state index is -0.701. The van der Waals surface area contributed by atoms with Gasteiger partial charge >= 0.3 is 0 Å². The second kappa shape index (κ2) is 10.1. The zero-order chi connectivity index (χ0) is 24.4. The van der Waals surface area contributed by atoms with Gasteiger partial charge in [0.15, 0.2) is 11.6 Å². The number of amides is 1. The Balaban J connectivity index is 1.59. The average Bonchev–Trinajstić information content (AvgIpc) is 2.83. The number of rotatable bonds is 5. The van der Waals surface area contributed by atoms with Gasteiger partial charge < -0.3 is 20.3 Å². The third-order valence-electron chi connectivity index (χ3n) is 5.73. The maximum absolute atomic E-state index is 14.0. The molecule has 2 N–H and O–H groups in total. The van der Waals surface area contributed by atoms with E-state index in [-0.39, 0.29) is 27.5 Å². The van der Waals surface area contributed by atoms with Crippen molar-refractivity contribution in [1.29, 1.82) is 0 Å². The summed E-state index contributed by atoms with van der Waals surface area (Å²) in [7, 11) is 2.03. The molecule has 178 valence electrons. The number of hydrogen-bond acceptors (Lipinski definition) is 6. The van der Waals surface area contributed by atoms with E-state index in [2.05, 4.69) is 14.9 Å². The van der Waals surface area contributed by atoms with Crippen LogP contribution in [0.2, 0.25) is 10.0 Å². The van der Waals surface area contributed by atoms with Crippen molar-refractivity contribution in [2.75, 3.05) is 39.0 Å². The van der Waals surface area contributed by atoms with E-state index in [0.29, 0.717) is 35.6 Å². The molecule has 34 heavy (non-hydrogen) atoms. The number of hydrogen-bond donors (Lipinski definition) is 1. The van der Waals surface area contributed by atoms with Gasteiger partial charge in [-0.05, 0) is 44.3 Å². The van der Waals surface area contributed by atoms with Crippen molar-refractivity contribution in [3.05, 3.63) is 69.7 Å². The fourth-order valence-electron chi connectivity index (χ4n) is 3.74. The van der Waals surface area contributed by atoms with E-state index >= 15 is 0 Å². The van der Waals surface area contributed by atoms with E-state index in [9.17, 15) is 9.18 Å². The number of pyridine rings is 2. The topological polar surface area (TPSA) is 84.6 Å². The van der Waals surface area contributed by atoms with E-state index in [1.165, 1.54) is 12.1 Å². The van der Waals surface area contributed by atoms with Crippen LogP contribution in [0.15, 0.2) is 42.6 Å². The minimum Gasteiger partial charge on any atom is -0.482 e. The summed E-state index contributed by atoms with van der Waals surface area (Å²) in [5, 5.41) is 0.165. The highest BCUT2D eigenvalue weighted by Crippen LogP contribution is 2.36. The molecule has 0 spiro atoms. The van der Waals surface area contributed by atoms with E-state index in [1.807, 2.05) is 7.05 Å². The van der Waals surface area contributed by atoms with Gasteiger partial charge in [0.25, 0.3) is 5.91 Å². The number of ether oxygens (including phenoxy) is 1. The average molecular weight is 504 g/mol. The molecule has 1 atom stereocenters. The zero-order valence-corrected chi connectivity index (χ0v) is 20.3. The molecule has 0 radical (unpaired) electrons. The highest BCUT2D eigenvalue weighted by Gasteiger charge is 2.23. The van der Waals surface area contributed by atoms with E-state index in [0.717, 1.165) is 13.1 Å². The predicted octanol–water partition coefficient (Wildman–Crippen LogP) is 4.70. The Hall–Kier alpha value is -2.94. The summed E-state index contributed by atoms with van der Waals surface area (Å²) in [4.78, 5) is 25.7. The largest absolute Gasteiger partial charge is 0.482 e. The lowest BCUT2D eigenvalue weighted by molar-refractivity contribution is 0.0658.